The lowest BCUT2D eigenvalue weighted by Gasteiger charge is -2.16. The van der Waals surface area contributed by atoms with E-state index in [9.17, 15) is 0 Å². The van der Waals surface area contributed by atoms with Gasteiger partial charge in [-0.2, -0.15) is 0 Å². The van der Waals surface area contributed by atoms with Crippen molar-refractivity contribution in [2.75, 3.05) is 13.7 Å². The molecule has 1 aliphatic rings. The Morgan fingerprint density at radius 3 is 2.71 bits per heavy atom. The van der Waals surface area contributed by atoms with Crippen LogP contribution in [0.5, 0.6) is 11.5 Å². The molecule has 1 heterocycles. The van der Waals surface area contributed by atoms with Gasteiger partial charge in [-0.25, -0.2) is 0 Å². The van der Waals surface area contributed by atoms with Crippen molar-refractivity contribution in [3.8, 4) is 11.5 Å². The van der Waals surface area contributed by atoms with Crippen LogP contribution in [0.1, 0.15) is 39.2 Å². The number of benzene rings is 1. The molecule has 21 heavy (non-hydrogen) atoms. The van der Waals surface area contributed by atoms with Crippen molar-refractivity contribution in [1.82, 2.24) is 5.32 Å². The first-order chi connectivity index (χ1) is 10.1. The van der Waals surface area contributed by atoms with Crippen LogP contribution in [-0.2, 0) is 11.3 Å². The fraction of sp³-hybridized carbons (Fsp3) is 0.647. The Morgan fingerprint density at radius 2 is 2.10 bits per heavy atom. The molecule has 1 fully saturated rings. The van der Waals surface area contributed by atoms with Crippen LogP contribution in [0, 0.1) is 0 Å². The van der Waals surface area contributed by atoms with Gasteiger partial charge in [-0.05, 0) is 37.5 Å². The summed E-state index contributed by atoms with van der Waals surface area (Å²) in [6, 6.07) is 6.55. The third-order valence-electron chi connectivity index (χ3n) is 3.69. The molecule has 2 atom stereocenters. The molecule has 0 saturated carbocycles. The lowest BCUT2D eigenvalue weighted by atomic mass is 10.2. The maximum atomic E-state index is 5.87. The molecule has 0 bridgehead atoms. The normalized spacial score (nSPS) is 21.8. The molecule has 1 aliphatic heterocycles. The van der Waals surface area contributed by atoms with Gasteiger partial charge in [-0.15, -0.1) is 0 Å². The monoisotopic (exact) mass is 293 g/mol. The summed E-state index contributed by atoms with van der Waals surface area (Å²) in [5, 5.41) is 3.40. The van der Waals surface area contributed by atoms with Gasteiger partial charge < -0.3 is 19.5 Å². The Labute approximate surface area is 127 Å². The van der Waals surface area contributed by atoms with Gasteiger partial charge in [0.15, 0.2) is 11.5 Å². The minimum atomic E-state index is 0.201. The number of hydrogen-bond acceptors (Lipinski definition) is 4. The highest BCUT2D eigenvalue weighted by molar-refractivity contribution is 5.43. The van der Waals surface area contributed by atoms with E-state index in [4.69, 9.17) is 14.2 Å². The first-order valence-electron chi connectivity index (χ1n) is 7.77. The van der Waals surface area contributed by atoms with E-state index in [2.05, 4.69) is 32.2 Å². The summed E-state index contributed by atoms with van der Waals surface area (Å²) in [7, 11) is 1.68. The van der Waals surface area contributed by atoms with E-state index in [1.54, 1.807) is 7.11 Å². The third kappa shape index (κ3) is 4.90. The topological polar surface area (TPSA) is 39.7 Å². The molecule has 4 heteroatoms. The Kier molecular flexibility index (Phi) is 5.88. The van der Waals surface area contributed by atoms with Crippen LogP contribution in [0.3, 0.4) is 0 Å². The molecule has 1 N–H and O–H groups in total. The SMILES string of the molecule is COc1cc(CNC(C)C)ccc1OCC1CCC(C)O1. The van der Waals surface area contributed by atoms with Crippen molar-refractivity contribution < 1.29 is 14.2 Å². The third-order valence-corrected chi connectivity index (χ3v) is 3.69. The number of ether oxygens (including phenoxy) is 3. The van der Waals surface area contributed by atoms with Gasteiger partial charge in [0, 0.05) is 12.6 Å². The average molecular weight is 293 g/mol. The van der Waals surface area contributed by atoms with E-state index in [1.807, 2.05) is 12.1 Å². The molecule has 118 valence electrons. The van der Waals surface area contributed by atoms with E-state index in [0.717, 1.165) is 30.9 Å². The molecule has 1 aromatic rings. The van der Waals surface area contributed by atoms with Crippen LogP contribution >= 0.6 is 0 Å². The standard InChI is InChI=1S/C17H27NO3/c1-12(2)18-10-14-6-8-16(17(9-14)19-4)20-11-15-7-5-13(3)21-15/h6,8-9,12-13,15,18H,5,7,10-11H2,1-4H3. The molecule has 0 radical (unpaired) electrons. The highest BCUT2D eigenvalue weighted by atomic mass is 16.6. The molecular weight excluding hydrogens is 266 g/mol. The van der Waals surface area contributed by atoms with Crippen LogP contribution < -0.4 is 14.8 Å². The van der Waals surface area contributed by atoms with E-state index in [1.165, 1.54) is 5.56 Å². The van der Waals surface area contributed by atoms with Crippen LogP contribution in [-0.4, -0.2) is 32.0 Å². The number of nitrogens with one attached hydrogen (secondary N) is 1. The molecule has 4 nitrogen and oxygen atoms in total. The second-order valence-corrected chi connectivity index (χ2v) is 5.98. The minimum Gasteiger partial charge on any atom is -0.493 e. The van der Waals surface area contributed by atoms with E-state index < -0.39 is 0 Å². The first kappa shape index (κ1) is 16.1. The van der Waals surface area contributed by atoms with Gasteiger partial charge in [0.1, 0.15) is 6.61 Å². The van der Waals surface area contributed by atoms with Crippen LogP contribution in [0.25, 0.3) is 0 Å². The summed E-state index contributed by atoms with van der Waals surface area (Å²) in [4.78, 5) is 0. The van der Waals surface area contributed by atoms with Gasteiger partial charge in [0.2, 0.25) is 0 Å². The zero-order chi connectivity index (χ0) is 15.2. The van der Waals surface area contributed by atoms with Crippen LogP contribution in [0.2, 0.25) is 0 Å². The molecule has 2 rings (SSSR count). The summed E-state index contributed by atoms with van der Waals surface area (Å²) in [5.74, 6) is 1.57. The molecule has 0 aromatic heterocycles. The summed E-state index contributed by atoms with van der Waals surface area (Å²) in [5.41, 5.74) is 1.19. The highest BCUT2D eigenvalue weighted by Crippen LogP contribution is 2.29. The van der Waals surface area contributed by atoms with E-state index in [0.29, 0.717) is 18.8 Å². The maximum absolute atomic E-state index is 5.87. The molecule has 1 aromatic carbocycles. The molecule has 2 unspecified atom stereocenters. The molecule has 0 aliphatic carbocycles. The fourth-order valence-corrected chi connectivity index (χ4v) is 2.45. The van der Waals surface area contributed by atoms with Crippen molar-refractivity contribution >= 4 is 0 Å². The fourth-order valence-electron chi connectivity index (χ4n) is 2.45. The molecule has 1 saturated heterocycles. The van der Waals surface area contributed by atoms with Gasteiger partial charge in [0.25, 0.3) is 0 Å². The largest absolute Gasteiger partial charge is 0.493 e. The number of methoxy groups -OCH3 is 1. The summed E-state index contributed by atoms with van der Waals surface area (Å²) >= 11 is 0. The number of rotatable bonds is 7. The molecule has 0 spiro atoms. The van der Waals surface area contributed by atoms with Crippen molar-refractivity contribution in [2.45, 2.75) is 58.4 Å². The second-order valence-electron chi connectivity index (χ2n) is 5.98. The zero-order valence-corrected chi connectivity index (χ0v) is 13.5. The smallest absolute Gasteiger partial charge is 0.161 e. The Morgan fingerprint density at radius 1 is 1.29 bits per heavy atom. The second kappa shape index (κ2) is 7.66. The molecule has 0 amide bonds. The quantitative estimate of drug-likeness (QED) is 0.838. The van der Waals surface area contributed by atoms with E-state index in [-0.39, 0.29) is 6.10 Å². The lowest BCUT2D eigenvalue weighted by Crippen LogP contribution is -2.21. The van der Waals surface area contributed by atoms with Crippen molar-refractivity contribution in [1.29, 1.82) is 0 Å². The van der Waals surface area contributed by atoms with Crippen LogP contribution in [0.15, 0.2) is 18.2 Å². The van der Waals surface area contributed by atoms with Gasteiger partial charge in [0.05, 0.1) is 19.3 Å². The van der Waals surface area contributed by atoms with E-state index >= 15 is 0 Å². The molecular formula is C17H27NO3. The maximum Gasteiger partial charge on any atom is 0.161 e. The average Bonchev–Trinajstić information content (AvgIpc) is 2.88. The van der Waals surface area contributed by atoms with Gasteiger partial charge in [-0.3, -0.25) is 0 Å². The highest BCUT2D eigenvalue weighted by Gasteiger charge is 2.22. The summed E-state index contributed by atoms with van der Waals surface area (Å²) in [6.45, 7) is 7.80. The Bertz CT molecular complexity index is 448. The predicted molar refractivity (Wildman–Crippen MR) is 84.0 cm³/mol. The van der Waals surface area contributed by atoms with Crippen LogP contribution in [0.4, 0.5) is 0 Å². The summed E-state index contributed by atoms with van der Waals surface area (Å²) < 4.78 is 17.1. The first-order valence-corrected chi connectivity index (χ1v) is 7.77. The summed E-state index contributed by atoms with van der Waals surface area (Å²) in [6.07, 6.45) is 2.74. The van der Waals surface area contributed by atoms with Crippen molar-refractivity contribution in [3.63, 3.8) is 0 Å². The zero-order valence-electron chi connectivity index (χ0n) is 13.5. The predicted octanol–water partition coefficient (Wildman–Crippen LogP) is 3.14. The lowest BCUT2D eigenvalue weighted by molar-refractivity contribution is 0.0259. The number of hydrogen-bond donors (Lipinski definition) is 1. The Balaban J connectivity index is 1.92. The van der Waals surface area contributed by atoms with Gasteiger partial charge in [-0.1, -0.05) is 19.9 Å². The van der Waals surface area contributed by atoms with Crippen molar-refractivity contribution in [3.05, 3.63) is 23.8 Å². The van der Waals surface area contributed by atoms with Gasteiger partial charge >= 0.3 is 0 Å². The van der Waals surface area contributed by atoms with Crippen molar-refractivity contribution in [2.24, 2.45) is 0 Å². The minimum absolute atomic E-state index is 0.201. The Hall–Kier alpha value is -1.26.